The van der Waals surface area contributed by atoms with Crippen molar-refractivity contribution in [3.8, 4) is 22.9 Å². The lowest BCUT2D eigenvalue weighted by Gasteiger charge is -2.16. The monoisotopic (exact) mass is 406 g/mol. The average molecular weight is 406 g/mol. The lowest BCUT2D eigenvalue weighted by Crippen LogP contribution is -2.19. The molecule has 0 aliphatic heterocycles. The molecule has 0 aromatic carbocycles. The standard InChI is InChI=1S/C21H26N8O/c1-13-16(17-6-8-28(3)25-17)11-29-18(13)19(23-15-5-4-14(10-15)12-30)24-20(26-29)21-22-7-9-27(21)2/h6-9,11,14-15,30H,4-5,10,12H2,1-3H3,(H,23,24,26)/t14-,15+/m0/s1. The summed E-state index contributed by atoms with van der Waals surface area (Å²) < 4.78 is 5.60. The molecule has 0 amide bonds. The molecule has 4 aromatic rings. The van der Waals surface area contributed by atoms with Gasteiger partial charge in [0.25, 0.3) is 0 Å². The number of nitrogens with zero attached hydrogens (tertiary/aromatic N) is 7. The second-order valence-electron chi connectivity index (χ2n) is 8.18. The number of aromatic nitrogens is 7. The highest BCUT2D eigenvalue weighted by atomic mass is 16.3. The van der Waals surface area contributed by atoms with E-state index >= 15 is 0 Å². The second kappa shape index (κ2) is 7.24. The molecule has 156 valence electrons. The number of aliphatic hydroxyl groups excluding tert-OH is 1. The molecule has 0 unspecified atom stereocenters. The molecule has 1 saturated carbocycles. The van der Waals surface area contributed by atoms with E-state index in [1.54, 1.807) is 10.9 Å². The number of rotatable bonds is 5. The minimum atomic E-state index is 0.240. The summed E-state index contributed by atoms with van der Waals surface area (Å²) in [5, 5.41) is 22.5. The molecule has 30 heavy (non-hydrogen) atoms. The Morgan fingerprint density at radius 1 is 1.20 bits per heavy atom. The third-order valence-corrected chi connectivity index (χ3v) is 6.04. The van der Waals surface area contributed by atoms with Crippen molar-refractivity contribution in [2.75, 3.05) is 11.9 Å². The van der Waals surface area contributed by atoms with Crippen LogP contribution in [0.3, 0.4) is 0 Å². The average Bonchev–Trinajstić information content (AvgIpc) is 3.50. The number of anilines is 1. The number of nitrogens with one attached hydrogen (secondary N) is 1. The maximum Gasteiger partial charge on any atom is 0.218 e. The zero-order valence-corrected chi connectivity index (χ0v) is 17.4. The lowest BCUT2D eigenvalue weighted by atomic mass is 10.1. The number of aliphatic hydroxyl groups is 1. The van der Waals surface area contributed by atoms with E-state index in [0.717, 1.165) is 47.4 Å². The topological polar surface area (TPSA) is 98.1 Å². The predicted octanol–water partition coefficient (Wildman–Crippen LogP) is 2.41. The summed E-state index contributed by atoms with van der Waals surface area (Å²) in [6.45, 7) is 2.32. The van der Waals surface area contributed by atoms with E-state index in [0.29, 0.717) is 17.6 Å². The van der Waals surface area contributed by atoms with Crippen molar-refractivity contribution in [3.05, 3.63) is 36.4 Å². The molecule has 2 atom stereocenters. The normalized spacial score (nSPS) is 19.1. The van der Waals surface area contributed by atoms with Crippen LogP contribution in [0.2, 0.25) is 0 Å². The summed E-state index contributed by atoms with van der Waals surface area (Å²) >= 11 is 0. The van der Waals surface area contributed by atoms with Crippen molar-refractivity contribution in [1.29, 1.82) is 0 Å². The Morgan fingerprint density at radius 2 is 2.07 bits per heavy atom. The summed E-state index contributed by atoms with van der Waals surface area (Å²) in [5.74, 6) is 2.43. The fraction of sp³-hybridized carbons (Fsp3) is 0.429. The smallest absolute Gasteiger partial charge is 0.218 e. The second-order valence-corrected chi connectivity index (χ2v) is 8.18. The zero-order valence-electron chi connectivity index (χ0n) is 17.4. The Balaban J connectivity index is 1.64. The van der Waals surface area contributed by atoms with Crippen LogP contribution in [0.1, 0.15) is 24.8 Å². The van der Waals surface area contributed by atoms with Gasteiger partial charge in [0.05, 0.1) is 5.69 Å². The molecule has 2 N–H and O–H groups in total. The summed E-state index contributed by atoms with van der Waals surface area (Å²) in [5.41, 5.74) is 3.97. The van der Waals surface area contributed by atoms with Gasteiger partial charge in [0.15, 0.2) is 11.6 Å². The van der Waals surface area contributed by atoms with E-state index in [9.17, 15) is 5.11 Å². The number of hydrogen-bond donors (Lipinski definition) is 2. The van der Waals surface area contributed by atoms with Crippen molar-refractivity contribution in [1.82, 2.24) is 33.9 Å². The molecule has 0 radical (unpaired) electrons. The number of imidazole rings is 1. The van der Waals surface area contributed by atoms with Crippen LogP contribution < -0.4 is 5.32 Å². The van der Waals surface area contributed by atoms with Crippen LogP contribution in [0.15, 0.2) is 30.9 Å². The summed E-state index contributed by atoms with van der Waals surface area (Å²) in [4.78, 5) is 9.31. The summed E-state index contributed by atoms with van der Waals surface area (Å²) in [6, 6.07) is 2.28. The van der Waals surface area contributed by atoms with Gasteiger partial charge in [-0.15, -0.1) is 5.10 Å². The van der Waals surface area contributed by atoms with Gasteiger partial charge in [0, 0.05) is 57.1 Å². The quantitative estimate of drug-likeness (QED) is 0.528. The van der Waals surface area contributed by atoms with Crippen LogP contribution in [0.4, 0.5) is 5.82 Å². The first-order valence-electron chi connectivity index (χ1n) is 10.3. The van der Waals surface area contributed by atoms with E-state index < -0.39 is 0 Å². The fourth-order valence-corrected chi connectivity index (χ4v) is 4.39. The van der Waals surface area contributed by atoms with Crippen LogP contribution in [0.5, 0.6) is 0 Å². The Morgan fingerprint density at radius 3 is 2.73 bits per heavy atom. The van der Waals surface area contributed by atoms with Crippen molar-refractivity contribution < 1.29 is 5.11 Å². The maximum atomic E-state index is 9.52. The minimum absolute atomic E-state index is 0.240. The van der Waals surface area contributed by atoms with Crippen LogP contribution in [0, 0.1) is 12.8 Å². The molecule has 1 aliphatic carbocycles. The molecule has 0 bridgehead atoms. The van der Waals surface area contributed by atoms with Gasteiger partial charge < -0.3 is 15.0 Å². The molecule has 5 rings (SSSR count). The predicted molar refractivity (Wildman–Crippen MR) is 114 cm³/mol. The van der Waals surface area contributed by atoms with Crippen molar-refractivity contribution in [2.45, 2.75) is 32.2 Å². The van der Waals surface area contributed by atoms with E-state index in [2.05, 4.69) is 22.3 Å². The summed E-state index contributed by atoms with van der Waals surface area (Å²) in [7, 11) is 3.85. The fourth-order valence-electron chi connectivity index (χ4n) is 4.39. The molecular weight excluding hydrogens is 380 g/mol. The highest BCUT2D eigenvalue weighted by molar-refractivity contribution is 5.82. The van der Waals surface area contributed by atoms with E-state index in [1.165, 1.54) is 0 Å². The Kier molecular flexibility index (Phi) is 4.54. The highest BCUT2D eigenvalue weighted by Gasteiger charge is 2.26. The Bertz CT molecular complexity index is 1200. The molecule has 4 aromatic heterocycles. The van der Waals surface area contributed by atoms with E-state index in [4.69, 9.17) is 10.1 Å². The van der Waals surface area contributed by atoms with Crippen molar-refractivity contribution in [2.24, 2.45) is 20.0 Å². The van der Waals surface area contributed by atoms with Gasteiger partial charge in [0.2, 0.25) is 5.82 Å². The molecule has 0 saturated heterocycles. The first-order chi connectivity index (χ1) is 14.5. The molecular formula is C21H26N8O. The van der Waals surface area contributed by atoms with Crippen LogP contribution in [0.25, 0.3) is 28.4 Å². The third kappa shape index (κ3) is 3.15. The highest BCUT2D eigenvalue weighted by Crippen LogP contribution is 2.33. The van der Waals surface area contributed by atoms with Gasteiger partial charge >= 0.3 is 0 Å². The lowest BCUT2D eigenvalue weighted by molar-refractivity contribution is 0.229. The molecule has 0 spiro atoms. The Hall–Kier alpha value is -3.20. The van der Waals surface area contributed by atoms with Crippen LogP contribution in [-0.4, -0.2) is 51.7 Å². The summed E-state index contributed by atoms with van der Waals surface area (Å²) in [6.07, 6.45) is 10.6. The zero-order chi connectivity index (χ0) is 20.8. The van der Waals surface area contributed by atoms with E-state index in [1.807, 2.05) is 47.8 Å². The van der Waals surface area contributed by atoms with Crippen molar-refractivity contribution in [3.63, 3.8) is 0 Å². The number of fused-ring (bicyclic) bond motifs is 1. The third-order valence-electron chi connectivity index (χ3n) is 6.04. The molecule has 9 nitrogen and oxygen atoms in total. The number of aryl methyl sites for hydroxylation is 3. The van der Waals surface area contributed by atoms with Crippen LogP contribution in [-0.2, 0) is 14.1 Å². The van der Waals surface area contributed by atoms with Gasteiger partial charge in [-0.1, -0.05) is 0 Å². The SMILES string of the molecule is Cc1c(-c2ccn(C)n2)cn2nc(-c3nccn3C)nc(N[C@@H]3CC[C@H](CO)C3)c12. The van der Waals surface area contributed by atoms with Crippen LogP contribution >= 0.6 is 0 Å². The molecule has 1 fully saturated rings. The first-order valence-corrected chi connectivity index (χ1v) is 10.3. The molecule has 4 heterocycles. The number of hydrogen-bond acceptors (Lipinski definition) is 6. The molecule has 1 aliphatic rings. The van der Waals surface area contributed by atoms with Gasteiger partial charge in [-0.2, -0.15) is 5.10 Å². The maximum absolute atomic E-state index is 9.52. The minimum Gasteiger partial charge on any atom is -0.396 e. The first kappa shape index (κ1) is 18.8. The van der Waals surface area contributed by atoms with Gasteiger partial charge in [-0.25, -0.2) is 14.5 Å². The molecule has 9 heteroatoms. The van der Waals surface area contributed by atoms with Gasteiger partial charge in [-0.3, -0.25) is 4.68 Å². The Labute approximate surface area is 174 Å². The van der Waals surface area contributed by atoms with Gasteiger partial charge in [0.1, 0.15) is 5.52 Å². The largest absolute Gasteiger partial charge is 0.396 e. The van der Waals surface area contributed by atoms with Gasteiger partial charge in [-0.05, 0) is 43.7 Å². The van der Waals surface area contributed by atoms with Crippen molar-refractivity contribution >= 4 is 11.3 Å². The van der Waals surface area contributed by atoms with E-state index in [-0.39, 0.29) is 12.6 Å².